The van der Waals surface area contributed by atoms with Crippen LogP contribution in [0, 0.1) is 6.57 Å². The van der Waals surface area contributed by atoms with E-state index in [-0.39, 0.29) is 0 Å². The molecule has 0 bridgehead atoms. The van der Waals surface area contributed by atoms with Crippen molar-refractivity contribution in [1.82, 2.24) is 9.97 Å². The van der Waals surface area contributed by atoms with Gasteiger partial charge in [-0.1, -0.05) is 11.6 Å². The molecule has 1 aromatic heterocycles. The van der Waals surface area contributed by atoms with Crippen molar-refractivity contribution in [3.8, 4) is 0 Å². The highest BCUT2D eigenvalue weighted by atomic mass is 15.0. The summed E-state index contributed by atoms with van der Waals surface area (Å²) in [6.45, 7) is 6.87. The summed E-state index contributed by atoms with van der Waals surface area (Å²) in [5.74, 6) is 1.16. The lowest BCUT2D eigenvalue weighted by Gasteiger charge is -1.98. The fourth-order valence-electron chi connectivity index (χ4n) is 1.13. The first-order valence-electron chi connectivity index (χ1n) is 3.81. The predicted molar refractivity (Wildman–Crippen MR) is 44.7 cm³/mol. The molecule has 4 heteroatoms. The molecular weight excluding hydrogens is 152 g/mol. The lowest BCUT2D eigenvalue weighted by molar-refractivity contribution is 1.01. The van der Waals surface area contributed by atoms with Crippen LogP contribution >= 0.6 is 0 Å². The van der Waals surface area contributed by atoms with Gasteiger partial charge in [0.15, 0.2) is 0 Å². The van der Waals surface area contributed by atoms with Crippen LogP contribution in [0.15, 0.2) is 6.20 Å². The van der Waals surface area contributed by atoms with Gasteiger partial charge in [-0.2, -0.15) is 0 Å². The second-order valence-corrected chi connectivity index (χ2v) is 2.89. The van der Waals surface area contributed by atoms with Crippen LogP contribution in [-0.4, -0.2) is 9.97 Å². The van der Waals surface area contributed by atoms with Crippen molar-refractivity contribution in [2.75, 3.05) is 5.73 Å². The monoisotopic (exact) mass is 160 g/mol. The van der Waals surface area contributed by atoms with Crippen molar-refractivity contribution in [1.29, 1.82) is 0 Å². The Bertz CT molecular complexity index is 349. The van der Waals surface area contributed by atoms with Crippen LogP contribution in [0.25, 0.3) is 4.85 Å². The van der Waals surface area contributed by atoms with E-state index in [1.165, 1.54) is 6.20 Å². The second kappa shape index (κ2) is 2.45. The van der Waals surface area contributed by atoms with E-state index in [9.17, 15) is 0 Å². The molecule has 1 heterocycles. The van der Waals surface area contributed by atoms with Gasteiger partial charge in [0, 0.05) is 0 Å². The van der Waals surface area contributed by atoms with Crippen LogP contribution in [0.4, 0.5) is 11.6 Å². The summed E-state index contributed by atoms with van der Waals surface area (Å²) in [5, 5.41) is 0. The third-order valence-corrected chi connectivity index (χ3v) is 1.87. The van der Waals surface area contributed by atoms with Gasteiger partial charge in [0.2, 0.25) is 5.82 Å². The zero-order valence-corrected chi connectivity index (χ0v) is 6.49. The van der Waals surface area contributed by atoms with Crippen LogP contribution < -0.4 is 5.73 Å². The average molecular weight is 160 g/mol. The van der Waals surface area contributed by atoms with E-state index in [0.717, 1.165) is 18.5 Å². The van der Waals surface area contributed by atoms with Crippen LogP contribution in [0.3, 0.4) is 0 Å². The minimum Gasteiger partial charge on any atom is -0.363 e. The first-order valence-corrected chi connectivity index (χ1v) is 3.81. The van der Waals surface area contributed by atoms with Crippen molar-refractivity contribution in [2.45, 2.75) is 18.8 Å². The number of nitrogen functional groups attached to an aromatic ring is 1. The van der Waals surface area contributed by atoms with Crippen molar-refractivity contribution in [3.05, 3.63) is 23.3 Å². The highest BCUT2D eigenvalue weighted by molar-refractivity contribution is 5.48. The fourth-order valence-corrected chi connectivity index (χ4v) is 1.13. The van der Waals surface area contributed by atoms with E-state index in [4.69, 9.17) is 12.3 Å². The molecule has 12 heavy (non-hydrogen) atoms. The Hall–Kier alpha value is -1.63. The molecule has 1 fully saturated rings. The molecule has 0 spiro atoms. The average Bonchev–Trinajstić information content (AvgIpc) is 2.87. The molecular formula is C8H8N4. The largest absolute Gasteiger partial charge is 0.363 e. The zero-order chi connectivity index (χ0) is 8.55. The summed E-state index contributed by atoms with van der Waals surface area (Å²) in [6, 6.07) is 0. The van der Waals surface area contributed by atoms with Crippen molar-refractivity contribution in [3.63, 3.8) is 0 Å². The molecule has 1 saturated carbocycles. The Balaban J connectivity index is 2.47. The lowest BCUT2D eigenvalue weighted by Crippen LogP contribution is -1.95. The Morgan fingerprint density at radius 2 is 2.33 bits per heavy atom. The molecule has 2 N–H and O–H groups in total. The second-order valence-electron chi connectivity index (χ2n) is 2.89. The van der Waals surface area contributed by atoms with Crippen LogP contribution in [0.1, 0.15) is 24.5 Å². The third-order valence-electron chi connectivity index (χ3n) is 1.87. The molecule has 0 aliphatic heterocycles. The Morgan fingerprint density at radius 1 is 1.58 bits per heavy atom. The van der Waals surface area contributed by atoms with E-state index >= 15 is 0 Å². The molecule has 1 aromatic rings. The van der Waals surface area contributed by atoms with Gasteiger partial charge < -0.3 is 10.6 Å². The minimum atomic E-state index is 0.324. The normalized spacial score (nSPS) is 15.6. The highest BCUT2D eigenvalue weighted by Gasteiger charge is 2.28. The number of nitrogens with two attached hydrogens (primary N) is 1. The SMILES string of the molecule is [C-]#[N+]c1nc(N)cnc1C1CC1. The first-order chi connectivity index (χ1) is 5.81. The van der Waals surface area contributed by atoms with E-state index in [1.807, 2.05) is 0 Å². The van der Waals surface area contributed by atoms with E-state index < -0.39 is 0 Å². The number of hydrogen-bond donors (Lipinski definition) is 1. The van der Waals surface area contributed by atoms with Gasteiger partial charge in [0.1, 0.15) is 0 Å². The minimum absolute atomic E-state index is 0.324. The number of nitrogens with zero attached hydrogens (tertiary/aromatic N) is 3. The Morgan fingerprint density at radius 3 is 2.92 bits per heavy atom. The summed E-state index contributed by atoms with van der Waals surface area (Å²) >= 11 is 0. The number of hydrogen-bond acceptors (Lipinski definition) is 3. The molecule has 4 nitrogen and oxygen atoms in total. The van der Waals surface area contributed by atoms with Crippen LogP contribution in [-0.2, 0) is 0 Å². The van der Waals surface area contributed by atoms with Gasteiger partial charge in [0.05, 0.1) is 11.9 Å². The predicted octanol–water partition coefficient (Wildman–Crippen LogP) is 1.49. The first kappa shape index (κ1) is 7.04. The van der Waals surface area contributed by atoms with E-state index in [0.29, 0.717) is 17.6 Å². The molecule has 0 atom stereocenters. The van der Waals surface area contributed by atoms with Gasteiger partial charge in [-0.3, -0.25) is 4.98 Å². The van der Waals surface area contributed by atoms with Crippen molar-refractivity contribution < 1.29 is 0 Å². The Labute approximate surface area is 70.3 Å². The standard InChI is InChI=1S/C8H8N4/c1-10-8-7(5-2-3-5)11-4-6(9)12-8/h4-5H,2-3H2,(H2,9,12). The van der Waals surface area contributed by atoms with Crippen LogP contribution in [0.2, 0.25) is 0 Å². The molecule has 0 aromatic carbocycles. The lowest BCUT2D eigenvalue weighted by atomic mass is 10.3. The van der Waals surface area contributed by atoms with Crippen LogP contribution in [0.5, 0.6) is 0 Å². The molecule has 0 amide bonds. The van der Waals surface area contributed by atoms with Gasteiger partial charge in [0.25, 0.3) is 5.82 Å². The van der Waals surface area contributed by atoms with Gasteiger partial charge in [-0.25, -0.2) is 0 Å². The molecule has 2 rings (SSSR count). The molecule has 1 aliphatic rings. The van der Waals surface area contributed by atoms with Gasteiger partial charge in [-0.15, -0.1) is 0 Å². The third kappa shape index (κ3) is 1.10. The van der Waals surface area contributed by atoms with E-state index in [2.05, 4.69) is 14.8 Å². The summed E-state index contributed by atoms with van der Waals surface area (Å²) in [7, 11) is 0. The maximum Gasteiger partial charge on any atom is 0.293 e. The maximum absolute atomic E-state index is 6.87. The van der Waals surface area contributed by atoms with Crippen molar-refractivity contribution >= 4 is 11.6 Å². The summed E-state index contributed by atoms with van der Waals surface area (Å²) in [6.07, 6.45) is 3.77. The highest BCUT2D eigenvalue weighted by Crippen LogP contribution is 2.42. The van der Waals surface area contributed by atoms with Gasteiger partial charge >= 0.3 is 0 Å². The Kier molecular flexibility index (Phi) is 1.44. The number of aromatic nitrogens is 2. The molecule has 0 radical (unpaired) electrons. The topological polar surface area (TPSA) is 56.2 Å². The summed E-state index contributed by atoms with van der Waals surface area (Å²) < 4.78 is 0. The quantitative estimate of drug-likeness (QED) is 0.633. The smallest absolute Gasteiger partial charge is 0.293 e. The number of rotatable bonds is 1. The molecule has 1 aliphatic carbocycles. The molecule has 0 saturated heterocycles. The zero-order valence-electron chi connectivity index (χ0n) is 6.49. The molecule has 60 valence electrons. The maximum atomic E-state index is 6.87. The number of anilines is 1. The molecule has 0 unspecified atom stereocenters. The van der Waals surface area contributed by atoms with E-state index in [1.54, 1.807) is 0 Å². The summed E-state index contributed by atoms with van der Waals surface area (Å²) in [4.78, 5) is 11.3. The fraction of sp³-hybridized carbons (Fsp3) is 0.375. The van der Waals surface area contributed by atoms with Crippen molar-refractivity contribution in [2.24, 2.45) is 0 Å². The van der Waals surface area contributed by atoms with Gasteiger partial charge in [-0.05, 0) is 18.8 Å². The summed E-state index contributed by atoms with van der Waals surface area (Å²) in [5.41, 5.74) is 6.23.